The van der Waals surface area contributed by atoms with Crippen LogP contribution >= 0.6 is 22.7 Å². The molecule has 0 aliphatic carbocycles. The first-order chi connectivity index (χ1) is 15.4. The second kappa shape index (κ2) is 10.1. The molecule has 3 aromatic rings. The monoisotopic (exact) mass is 491 g/mol. The lowest BCUT2D eigenvalue weighted by atomic mass is 10.2. The topological polar surface area (TPSA) is 87.7 Å². The molecule has 0 radical (unpaired) electrons. The number of benzene rings is 1. The molecular formula is C22H25N3O4S3. The minimum absolute atomic E-state index is 0.0142. The van der Waals surface area contributed by atoms with Crippen molar-refractivity contribution in [2.24, 2.45) is 0 Å². The van der Waals surface area contributed by atoms with Crippen LogP contribution in [-0.2, 0) is 14.8 Å². The third-order valence-electron chi connectivity index (χ3n) is 5.24. The number of rotatable bonds is 8. The standard InChI is InChI=1S/C22H25N3O4S3/c1-16-4-6-17(7-5-16)24-32(27,28)20-8-14-31-21(20)22(26)23-15-18(19-3-2-13-30-19)25-9-11-29-12-10-25/h2-8,13-14,18,24H,9-12,15H2,1H3,(H,23,26). The Balaban J connectivity index is 1.48. The number of anilines is 1. The summed E-state index contributed by atoms with van der Waals surface area (Å²) in [7, 11) is -3.89. The zero-order valence-electron chi connectivity index (χ0n) is 17.6. The van der Waals surface area contributed by atoms with E-state index < -0.39 is 10.0 Å². The van der Waals surface area contributed by atoms with Crippen LogP contribution < -0.4 is 10.0 Å². The van der Waals surface area contributed by atoms with Gasteiger partial charge in [0.1, 0.15) is 9.77 Å². The smallest absolute Gasteiger partial charge is 0.263 e. The molecule has 3 heterocycles. The number of nitrogens with one attached hydrogen (secondary N) is 2. The molecule has 2 N–H and O–H groups in total. The molecule has 1 fully saturated rings. The zero-order chi connectivity index (χ0) is 22.6. The van der Waals surface area contributed by atoms with Gasteiger partial charge in [0, 0.05) is 30.2 Å². The van der Waals surface area contributed by atoms with E-state index in [1.54, 1.807) is 28.8 Å². The largest absolute Gasteiger partial charge is 0.379 e. The molecule has 1 atom stereocenters. The van der Waals surface area contributed by atoms with Crippen LogP contribution in [0.5, 0.6) is 0 Å². The van der Waals surface area contributed by atoms with Crippen LogP contribution in [0.4, 0.5) is 5.69 Å². The number of sulfonamides is 1. The number of ether oxygens (including phenoxy) is 1. The quantitative estimate of drug-likeness (QED) is 0.501. The molecule has 170 valence electrons. The SMILES string of the molecule is Cc1ccc(NS(=O)(=O)c2ccsc2C(=O)NCC(c2cccs2)N2CCOCC2)cc1. The molecule has 2 aromatic heterocycles. The Bertz CT molecular complexity index is 1140. The Labute approximate surface area is 196 Å². The number of carbonyl (C=O) groups is 1. The van der Waals surface area contributed by atoms with E-state index in [2.05, 4.69) is 21.0 Å². The Morgan fingerprint density at radius 3 is 2.53 bits per heavy atom. The average molecular weight is 492 g/mol. The Hall–Kier alpha value is -2.24. The molecule has 0 saturated carbocycles. The highest BCUT2D eigenvalue weighted by Gasteiger charge is 2.27. The van der Waals surface area contributed by atoms with E-state index in [-0.39, 0.29) is 21.7 Å². The Morgan fingerprint density at radius 1 is 1.09 bits per heavy atom. The highest BCUT2D eigenvalue weighted by atomic mass is 32.2. The van der Waals surface area contributed by atoms with Gasteiger partial charge in [-0.15, -0.1) is 22.7 Å². The number of thiophene rings is 2. The van der Waals surface area contributed by atoms with Crippen LogP contribution in [0.15, 0.2) is 58.1 Å². The van der Waals surface area contributed by atoms with Crippen molar-refractivity contribution in [2.45, 2.75) is 17.9 Å². The highest BCUT2D eigenvalue weighted by molar-refractivity contribution is 7.93. The van der Waals surface area contributed by atoms with Crippen molar-refractivity contribution < 1.29 is 17.9 Å². The van der Waals surface area contributed by atoms with Crippen molar-refractivity contribution in [1.82, 2.24) is 10.2 Å². The lowest BCUT2D eigenvalue weighted by Crippen LogP contribution is -2.43. The molecule has 7 nitrogen and oxygen atoms in total. The Kier molecular flexibility index (Phi) is 7.27. The average Bonchev–Trinajstić information content (AvgIpc) is 3.49. The van der Waals surface area contributed by atoms with E-state index in [4.69, 9.17) is 4.74 Å². The van der Waals surface area contributed by atoms with Crippen LogP contribution in [0.25, 0.3) is 0 Å². The Morgan fingerprint density at radius 2 is 1.84 bits per heavy atom. The predicted molar refractivity (Wildman–Crippen MR) is 128 cm³/mol. The summed E-state index contributed by atoms with van der Waals surface area (Å²) < 4.78 is 33.9. The maximum absolute atomic E-state index is 13.0. The van der Waals surface area contributed by atoms with E-state index in [0.29, 0.717) is 25.4 Å². The summed E-state index contributed by atoms with van der Waals surface area (Å²) in [6, 6.07) is 12.6. The summed E-state index contributed by atoms with van der Waals surface area (Å²) in [5.74, 6) is -0.390. The number of morpholine rings is 1. The maximum Gasteiger partial charge on any atom is 0.263 e. The maximum atomic E-state index is 13.0. The normalized spacial score (nSPS) is 15.9. The molecule has 32 heavy (non-hydrogen) atoms. The van der Waals surface area contributed by atoms with Crippen molar-refractivity contribution in [3.05, 3.63) is 68.5 Å². The first-order valence-electron chi connectivity index (χ1n) is 10.2. The number of amides is 1. The lowest BCUT2D eigenvalue weighted by molar-refractivity contribution is 0.0169. The van der Waals surface area contributed by atoms with Gasteiger partial charge in [0.15, 0.2) is 0 Å². The molecule has 1 aliphatic rings. The lowest BCUT2D eigenvalue weighted by Gasteiger charge is -2.34. The second-order valence-electron chi connectivity index (χ2n) is 7.48. The van der Waals surface area contributed by atoms with Gasteiger partial charge in [0.25, 0.3) is 15.9 Å². The minimum Gasteiger partial charge on any atom is -0.379 e. The molecule has 1 aliphatic heterocycles. The molecule has 1 unspecified atom stereocenters. The fourth-order valence-corrected chi connectivity index (χ4v) is 6.82. The van der Waals surface area contributed by atoms with E-state index >= 15 is 0 Å². The zero-order valence-corrected chi connectivity index (χ0v) is 20.1. The minimum atomic E-state index is -3.89. The van der Waals surface area contributed by atoms with Gasteiger partial charge in [-0.3, -0.25) is 14.4 Å². The second-order valence-corrected chi connectivity index (χ2v) is 11.0. The van der Waals surface area contributed by atoms with Gasteiger partial charge in [0.05, 0.1) is 19.3 Å². The van der Waals surface area contributed by atoms with Crippen molar-refractivity contribution >= 4 is 44.3 Å². The third-order valence-corrected chi connectivity index (χ3v) is 8.68. The summed E-state index contributed by atoms with van der Waals surface area (Å²) >= 11 is 2.77. The van der Waals surface area contributed by atoms with Crippen LogP contribution in [0, 0.1) is 6.92 Å². The first kappa shape index (κ1) is 22.9. The molecule has 1 aromatic carbocycles. The van der Waals surface area contributed by atoms with E-state index in [1.165, 1.54) is 6.07 Å². The fourth-order valence-electron chi connectivity index (χ4n) is 3.56. The van der Waals surface area contributed by atoms with Crippen molar-refractivity contribution in [3.63, 3.8) is 0 Å². The molecule has 1 amide bonds. The number of hydrogen-bond acceptors (Lipinski definition) is 7. The van der Waals surface area contributed by atoms with Crippen LogP contribution in [-0.4, -0.2) is 52.1 Å². The predicted octanol–water partition coefficient (Wildman–Crippen LogP) is 3.72. The van der Waals surface area contributed by atoms with Crippen LogP contribution in [0.1, 0.15) is 26.2 Å². The number of nitrogens with zero attached hydrogens (tertiary/aromatic N) is 1. The summed E-state index contributed by atoms with van der Waals surface area (Å²) in [5, 5.41) is 6.60. The van der Waals surface area contributed by atoms with E-state index in [0.717, 1.165) is 34.9 Å². The molecule has 4 rings (SSSR count). The number of carbonyl (C=O) groups excluding carboxylic acids is 1. The molecular weight excluding hydrogens is 466 g/mol. The van der Waals surface area contributed by atoms with Gasteiger partial charge in [-0.2, -0.15) is 0 Å². The number of aryl methyl sites for hydroxylation is 1. The molecule has 10 heteroatoms. The first-order valence-corrected chi connectivity index (χ1v) is 13.5. The van der Waals surface area contributed by atoms with Crippen molar-refractivity contribution in [1.29, 1.82) is 0 Å². The van der Waals surface area contributed by atoms with Crippen LogP contribution in [0.2, 0.25) is 0 Å². The summed E-state index contributed by atoms with van der Waals surface area (Å²) in [6.07, 6.45) is 0. The summed E-state index contributed by atoms with van der Waals surface area (Å²) in [5.41, 5.74) is 1.49. The van der Waals surface area contributed by atoms with Gasteiger partial charge in [-0.25, -0.2) is 8.42 Å². The molecule has 0 spiro atoms. The van der Waals surface area contributed by atoms with Crippen molar-refractivity contribution in [3.8, 4) is 0 Å². The van der Waals surface area contributed by atoms with Crippen LogP contribution in [0.3, 0.4) is 0 Å². The molecule has 1 saturated heterocycles. The van der Waals surface area contributed by atoms with Gasteiger partial charge in [-0.1, -0.05) is 23.8 Å². The highest BCUT2D eigenvalue weighted by Crippen LogP contribution is 2.27. The summed E-state index contributed by atoms with van der Waals surface area (Å²) in [6.45, 7) is 5.22. The van der Waals surface area contributed by atoms with Gasteiger partial charge >= 0.3 is 0 Å². The number of hydrogen-bond donors (Lipinski definition) is 2. The van der Waals surface area contributed by atoms with Crippen molar-refractivity contribution in [2.75, 3.05) is 37.6 Å². The van der Waals surface area contributed by atoms with E-state index in [9.17, 15) is 13.2 Å². The van der Waals surface area contributed by atoms with Gasteiger partial charge in [-0.05, 0) is 41.9 Å². The summed E-state index contributed by atoms with van der Waals surface area (Å²) in [4.78, 5) is 16.6. The fraction of sp³-hybridized carbons (Fsp3) is 0.318. The van der Waals surface area contributed by atoms with Gasteiger partial charge in [0.2, 0.25) is 0 Å². The third kappa shape index (κ3) is 5.38. The molecule has 0 bridgehead atoms. The van der Waals surface area contributed by atoms with E-state index in [1.807, 2.05) is 30.5 Å². The van der Waals surface area contributed by atoms with Gasteiger partial charge < -0.3 is 10.1 Å².